The molecule has 2 aliphatic carbocycles. The third kappa shape index (κ3) is 1.09. The largest absolute Gasteiger partial charge is 0.305 e. The monoisotopic (exact) mass is 181 g/mol. The minimum Gasteiger partial charge on any atom is -0.305 e. The SMILES string of the molecule is CN(C)[C@@H]1C(C)(C)[C@@H]2CC[C@@]1(C)C2. The summed E-state index contributed by atoms with van der Waals surface area (Å²) in [5.74, 6) is 0.977. The first kappa shape index (κ1) is 9.51. The lowest BCUT2D eigenvalue weighted by atomic mass is 9.68. The zero-order valence-corrected chi connectivity index (χ0v) is 9.72. The van der Waals surface area contributed by atoms with Gasteiger partial charge >= 0.3 is 0 Å². The second-order valence-corrected chi connectivity index (χ2v) is 6.28. The highest BCUT2D eigenvalue weighted by molar-refractivity contribution is 5.11. The van der Waals surface area contributed by atoms with Crippen molar-refractivity contribution < 1.29 is 0 Å². The Morgan fingerprint density at radius 1 is 1.15 bits per heavy atom. The van der Waals surface area contributed by atoms with Crippen molar-refractivity contribution in [3.8, 4) is 0 Å². The summed E-state index contributed by atoms with van der Waals surface area (Å²) in [6.07, 6.45) is 4.38. The van der Waals surface area contributed by atoms with Gasteiger partial charge in [-0.3, -0.25) is 0 Å². The standard InChI is InChI=1S/C12H23N/c1-11(2)9-6-7-12(3,8-9)10(11)13(4)5/h9-10H,6-8H2,1-5H3/t9-,10-,12+/m1/s1. The van der Waals surface area contributed by atoms with Gasteiger partial charge in [-0.05, 0) is 50.1 Å². The molecule has 0 aromatic rings. The molecular formula is C12H23N. The lowest BCUT2D eigenvalue weighted by Crippen LogP contribution is -2.49. The fourth-order valence-electron chi connectivity index (χ4n) is 4.56. The molecule has 13 heavy (non-hydrogen) atoms. The van der Waals surface area contributed by atoms with Gasteiger partial charge in [0.15, 0.2) is 0 Å². The summed E-state index contributed by atoms with van der Waals surface area (Å²) in [5.41, 5.74) is 1.15. The molecule has 0 spiro atoms. The van der Waals surface area contributed by atoms with Crippen LogP contribution in [0.3, 0.4) is 0 Å². The average Bonchev–Trinajstić information content (AvgIpc) is 2.36. The van der Waals surface area contributed by atoms with Gasteiger partial charge in [0.2, 0.25) is 0 Å². The van der Waals surface area contributed by atoms with Gasteiger partial charge in [-0.2, -0.15) is 0 Å². The van der Waals surface area contributed by atoms with Crippen molar-refractivity contribution in [2.24, 2.45) is 16.7 Å². The van der Waals surface area contributed by atoms with Crippen molar-refractivity contribution >= 4 is 0 Å². The fraction of sp³-hybridized carbons (Fsp3) is 1.00. The van der Waals surface area contributed by atoms with Crippen LogP contribution in [0.4, 0.5) is 0 Å². The van der Waals surface area contributed by atoms with Crippen molar-refractivity contribution in [3.63, 3.8) is 0 Å². The van der Waals surface area contributed by atoms with Crippen LogP contribution in [0.5, 0.6) is 0 Å². The normalized spacial score (nSPS) is 47.5. The third-order valence-corrected chi connectivity index (χ3v) is 4.71. The molecule has 0 saturated heterocycles. The van der Waals surface area contributed by atoms with Crippen molar-refractivity contribution in [2.75, 3.05) is 14.1 Å². The average molecular weight is 181 g/mol. The number of nitrogens with zero attached hydrogens (tertiary/aromatic N) is 1. The summed E-state index contributed by atoms with van der Waals surface area (Å²) in [5, 5.41) is 0. The van der Waals surface area contributed by atoms with Crippen molar-refractivity contribution in [2.45, 2.75) is 46.1 Å². The number of rotatable bonds is 1. The highest BCUT2D eigenvalue weighted by Gasteiger charge is 2.59. The molecule has 0 aromatic carbocycles. The highest BCUT2D eigenvalue weighted by atomic mass is 15.1. The van der Waals surface area contributed by atoms with Gasteiger partial charge < -0.3 is 4.90 Å². The summed E-state index contributed by atoms with van der Waals surface area (Å²) in [7, 11) is 4.50. The zero-order valence-electron chi connectivity index (χ0n) is 9.72. The van der Waals surface area contributed by atoms with E-state index in [2.05, 4.69) is 39.8 Å². The second-order valence-electron chi connectivity index (χ2n) is 6.28. The lowest BCUT2D eigenvalue weighted by molar-refractivity contribution is 0.0348. The van der Waals surface area contributed by atoms with Crippen LogP contribution in [0.25, 0.3) is 0 Å². The summed E-state index contributed by atoms with van der Waals surface area (Å²) >= 11 is 0. The molecule has 1 nitrogen and oxygen atoms in total. The molecule has 0 N–H and O–H groups in total. The van der Waals surface area contributed by atoms with Gasteiger partial charge in [0.25, 0.3) is 0 Å². The van der Waals surface area contributed by atoms with Crippen LogP contribution in [-0.2, 0) is 0 Å². The van der Waals surface area contributed by atoms with E-state index in [1.807, 2.05) is 0 Å². The van der Waals surface area contributed by atoms with E-state index in [-0.39, 0.29) is 0 Å². The van der Waals surface area contributed by atoms with Crippen LogP contribution >= 0.6 is 0 Å². The molecular weight excluding hydrogens is 158 g/mol. The molecule has 1 heteroatoms. The van der Waals surface area contributed by atoms with Crippen molar-refractivity contribution in [3.05, 3.63) is 0 Å². The minimum absolute atomic E-state index is 0.538. The van der Waals surface area contributed by atoms with E-state index in [0.717, 1.165) is 12.0 Å². The van der Waals surface area contributed by atoms with Crippen LogP contribution in [0, 0.1) is 16.7 Å². The molecule has 2 fully saturated rings. The zero-order chi connectivity index (χ0) is 9.85. The van der Waals surface area contributed by atoms with Gasteiger partial charge in [0.1, 0.15) is 0 Å². The van der Waals surface area contributed by atoms with Gasteiger partial charge in [0.05, 0.1) is 0 Å². The predicted molar refractivity (Wildman–Crippen MR) is 56.7 cm³/mol. The first-order valence-electron chi connectivity index (χ1n) is 5.54. The van der Waals surface area contributed by atoms with Gasteiger partial charge in [-0.1, -0.05) is 20.8 Å². The molecule has 0 heterocycles. The molecule has 76 valence electrons. The van der Waals surface area contributed by atoms with Crippen LogP contribution < -0.4 is 0 Å². The summed E-state index contributed by atoms with van der Waals surface area (Å²) < 4.78 is 0. The van der Waals surface area contributed by atoms with Crippen LogP contribution in [-0.4, -0.2) is 25.0 Å². The molecule has 2 saturated carbocycles. The number of hydrogen-bond donors (Lipinski definition) is 0. The molecule has 2 rings (SSSR count). The summed E-state index contributed by atoms with van der Waals surface area (Å²) in [6, 6.07) is 0.791. The lowest BCUT2D eigenvalue weighted by Gasteiger charge is -2.46. The van der Waals surface area contributed by atoms with Crippen LogP contribution in [0.1, 0.15) is 40.0 Å². The Labute approximate surface area is 82.5 Å². The Kier molecular flexibility index (Phi) is 1.83. The Bertz CT molecular complexity index is 214. The number of fused-ring (bicyclic) bond motifs is 2. The Balaban J connectivity index is 2.34. The molecule has 0 aromatic heterocycles. The molecule has 2 aliphatic rings. The molecule has 0 aliphatic heterocycles. The quantitative estimate of drug-likeness (QED) is 0.601. The van der Waals surface area contributed by atoms with Gasteiger partial charge in [0, 0.05) is 6.04 Å². The Morgan fingerprint density at radius 2 is 1.77 bits per heavy atom. The van der Waals surface area contributed by atoms with E-state index in [0.29, 0.717) is 10.8 Å². The highest BCUT2D eigenvalue weighted by Crippen LogP contribution is 2.63. The molecule has 0 amide bonds. The van der Waals surface area contributed by atoms with Crippen LogP contribution in [0.2, 0.25) is 0 Å². The van der Waals surface area contributed by atoms with Gasteiger partial charge in [-0.25, -0.2) is 0 Å². The van der Waals surface area contributed by atoms with E-state index in [1.54, 1.807) is 0 Å². The van der Waals surface area contributed by atoms with Crippen LogP contribution in [0.15, 0.2) is 0 Å². The van der Waals surface area contributed by atoms with E-state index in [9.17, 15) is 0 Å². The predicted octanol–water partition coefficient (Wildman–Crippen LogP) is 2.76. The number of hydrogen-bond acceptors (Lipinski definition) is 1. The summed E-state index contributed by atoms with van der Waals surface area (Å²) in [4.78, 5) is 2.46. The van der Waals surface area contributed by atoms with E-state index in [4.69, 9.17) is 0 Å². The maximum atomic E-state index is 2.49. The van der Waals surface area contributed by atoms with Gasteiger partial charge in [-0.15, -0.1) is 0 Å². The molecule has 3 atom stereocenters. The summed E-state index contributed by atoms with van der Waals surface area (Å²) in [6.45, 7) is 7.42. The fourth-order valence-corrected chi connectivity index (χ4v) is 4.56. The van der Waals surface area contributed by atoms with E-state index >= 15 is 0 Å². The Hall–Kier alpha value is -0.0400. The third-order valence-electron chi connectivity index (χ3n) is 4.71. The maximum absolute atomic E-state index is 2.49. The van der Waals surface area contributed by atoms with E-state index in [1.165, 1.54) is 19.3 Å². The van der Waals surface area contributed by atoms with Crippen molar-refractivity contribution in [1.29, 1.82) is 0 Å². The minimum atomic E-state index is 0.538. The first-order chi connectivity index (χ1) is 5.88. The molecule has 0 unspecified atom stereocenters. The topological polar surface area (TPSA) is 3.24 Å². The molecule has 0 radical (unpaired) electrons. The first-order valence-corrected chi connectivity index (χ1v) is 5.54. The van der Waals surface area contributed by atoms with E-state index < -0.39 is 0 Å². The maximum Gasteiger partial charge on any atom is 0.0197 e. The van der Waals surface area contributed by atoms with Crippen molar-refractivity contribution in [1.82, 2.24) is 4.90 Å². The second kappa shape index (κ2) is 2.50. The smallest absolute Gasteiger partial charge is 0.0197 e. The molecule has 2 bridgehead atoms. The Morgan fingerprint density at radius 3 is 2.08 bits per heavy atom.